The molecule has 4 aromatic rings. The van der Waals surface area contributed by atoms with Crippen molar-refractivity contribution in [3.8, 4) is 22.7 Å². The van der Waals surface area contributed by atoms with E-state index in [0.717, 1.165) is 5.56 Å². The third kappa shape index (κ3) is 4.49. The van der Waals surface area contributed by atoms with Crippen molar-refractivity contribution in [2.45, 2.75) is 6.54 Å². The van der Waals surface area contributed by atoms with Crippen molar-refractivity contribution in [1.29, 1.82) is 0 Å². The maximum atomic E-state index is 13.0. The fraction of sp³-hybridized carbons (Fsp3) is 0.0833. The zero-order valence-corrected chi connectivity index (χ0v) is 17.3. The van der Waals surface area contributed by atoms with Crippen LogP contribution in [0.5, 0.6) is 5.75 Å². The second-order valence-corrected chi connectivity index (χ2v) is 7.00. The van der Waals surface area contributed by atoms with Crippen LogP contribution in [0.1, 0.15) is 16.1 Å². The van der Waals surface area contributed by atoms with E-state index in [9.17, 15) is 14.9 Å². The largest absolute Gasteiger partial charge is 0.497 e. The molecule has 0 fully saturated rings. The van der Waals surface area contributed by atoms with Gasteiger partial charge in [0.25, 0.3) is 11.6 Å². The second kappa shape index (κ2) is 9.13. The van der Waals surface area contributed by atoms with Crippen LogP contribution in [0.25, 0.3) is 16.9 Å². The van der Waals surface area contributed by atoms with Crippen LogP contribution in [0.15, 0.2) is 84.9 Å². The molecule has 8 nitrogen and oxygen atoms in total. The number of nitro benzene ring substituents is 1. The first-order valence-corrected chi connectivity index (χ1v) is 9.86. The number of amides is 1. The summed E-state index contributed by atoms with van der Waals surface area (Å²) in [6.07, 6.45) is 0. The number of rotatable bonds is 7. The van der Waals surface area contributed by atoms with Gasteiger partial charge in [-0.25, -0.2) is 4.68 Å². The smallest absolute Gasteiger partial charge is 0.270 e. The molecule has 0 saturated heterocycles. The molecule has 160 valence electrons. The fourth-order valence-electron chi connectivity index (χ4n) is 3.23. The lowest BCUT2D eigenvalue weighted by Crippen LogP contribution is -2.25. The highest BCUT2D eigenvalue weighted by Crippen LogP contribution is 2.25. The summed E-state index contributed by atoms with van der Waals surface area (Å²) in [6, 6.07) is 24.5. The number of ether oxygens (including phenoxy) is 1. The highest BCUT2D eigenvalue weighted by Gasteiger charge is 2.18. The van der Waals surface area contributed by atoms with E-state index in [2.05, 4.69) is 10.4 Å². The lowest BCUT2D eigenvalue weighted by molar-refractivity contribution is -0.384. The van der Waals surface area contributed by atoms with E-state index >= 15 is 0 Å². The maximum Gasteiger partial charge on any atom is 0.270 e. The van der Waals surface area contributed by atoms with Crippen LogP contribution < -0.4 is 10.1 Å². The summed E-state index contributed by atoms with van der Waals surface area (Å²) in [6.45, 7) is 0.375. The van der Waals surface area contributed by atoms with Gasteiger partial charge in [-0.1, -0.05) is 30.3 Å². The van der Waals surface area contributed by atoms with Crippen LogP contribution in [0.2, 0.25) is 0 Å². The number of nitrogens with one attached hydrogen (secondary N) is 1. The van der Waals surface area contributed by atoms with Crippen molar-refractivity contribution in [2.75, 3.05) is 7.11 Å². The van der Waals surface area contributed by atoms with Crippen molar-refractivity contribution in [2.24, 2.45) is 0 Å². The highest BCUT2D eigenvalue weighted by molar-refractivity contribution is 5.94. The standard InChI is InChI=1S/C24H20N4O4/c1-32-21-13-11-19(12-14-21)27-23(24(29)25-16-17-5-3-2-4-6-17)15-22(26-27)18-7-9-20(10-8-18)28(30)31/h2-15H,16H2,1H3,(H,25,29). The summed E-state index contributed by atoms with van der Waals surface area (Å²) in [5.41, 5.74) is 3.19. The molecule has 32 heavy (non-hydrogen) atoms. The van der Waals surface area contributed by atoms with Crippen LogP contribution in [-0.2, 0) is 6.54 Å². The number of methoxy groups -OCH3 is 1. The minimum absolute atomic E-state index is 0.0100. The number of nitrogens with zero attached hydrogens (tertiary/aromatic N) is 3. The third-order valence-corrected chi connectivity index (χ3v) is 4.93. The topological polar surface area (TPSA) is 99.3 Å². The van der Waals surface area contributed by atoms with E-state index in [1.165, 1.54) is 12.1 Å². The minimum atomic E-state index is -0.456. The normalized spacial score (nSPS) is 10.5. The van der Waals surface area contributed by atoms with Crippen LogP contribution in [0.4, 0.5) is 5.69 Å². The molecule has 0 spiro atoms. The molecule has 0 bridgehead atoms. The molecule has 3 aromatic carbocycles. The molecule has 0 radical (unpaired) electrons. The molecule has 0 atom stereocenters. The van der Waals surface area contributed by atoms with Gasteiger partial charge in [-0.05, 0) is 48.0 Å². The quantitative estimate of drug-likeness (QED) is 0.348. The van der Waals surface area contributed by atoms with Gasteiger partial charge in [0.05, 0.1) is 23.4 Å². The Morgan fingerprint density at radius 2 is 1.72 bits per heavy atom. The van der Waals surface area contributed by atoms with Crippen LogP contribution >= 0.6 is 0 Å². The Bertz CT molecular complexity index is 1230. The predicted octanol–water partition coefficient (Wildman–Crippen LogP) is 4.39. The van der Waals surface area contributed by atoms with Crippen molar-refractivity contribution >= 4 is 11.6 Å². The monoisotopic (exact) mass is 428 g/mol. The highest BCUT2D eigenvalue weighted by atomic mass is 16.6. The van der Waals surface area contributed by atoms with E-state index in [1.54, 1.807) is 54.3 Å². The molecule has 1 aromatic heterocycles. The number of carbonyl (C=O) groups is 1. The average molecular weight is 428 g/mol. The number of benzene rings is 3. The van der Waals surface area contributed by atoms with Gasteiger partial charge in [-0.15, -0.1) is 0 Å². The number of non-ortho nitro benzene ring substituents is 1. The van der Waals surface area contributed by atoms with Gasteiger partial charge in [0.15, 0.2) is 0 Å². The van der Waals surface area contributed by atoms with Crippen molar-refractivity contribution in [1.82, 2.24) is 15.1 Å². The molecule has 0 aliphatic rings. The summed E-state index contributed by atoms with van der Waals surface area (Å²) in [4.78, 5) is 23.5. The van der Waals surface area contributed by atoms with Crippen molar-refractivity contribution < 1.29 is 14.5 Å². The summed E-state index contributed by atoms with van der Waals surface area (Å²) >= 11 is 0. The number of nitro groups is 1. The Morgan fingerprint density at radius 3 is 2.34 bits per heavy atom. The zero-order chi connectivity index (χ0) is 22.5. The van der Waals surface area contributed by atoms with E-state index in [4.69, 9.17) is 4.74 Å². The van der Waals surface area contributed by atoms with E-state index in [1.807, 2.05) is 30.3 Å². The number of hydrogen-bond acceptors (Lipinski definition) is 5. The molecular formula is C24H20N4O4. The summed E-state index contributed by atoms with van der Waals surface area (Å²) in [5, 5.41) is 18.5. The average Bonchev–Trinajstić information content (AvgIpc) is 3.29. The molecule has 1 N–H and O–H groups in total. The Morgan fingerprint density at radius 1 is 1.03 bits per heavy atom. The van der Waals surface area contributed by atoms with E-state index < -0.39 is 4.92 Å². The van der Waals surface area contributed by atoms with Gasteiger partial charge < -0.3 is 10.1 Å². The first-order valence-electron chi connectivity index (χ1n) is 9.86. The molecule has 0 aliphatic carbocycles. The number of carbonyl (C=O) groups excluding carboxylic acids is 1. The van der Waals surface area contributed by atoms with Crippen molar-refractivity contribution in [3.63, 3.8) is 0 Å². The Hall–Kier alpha value is -4.46. The molecule has 1 heterocycles. The van der Waals surface area contributed by atoms with Crippen LogP contribution in [-0.4, -0.2) is 27.7 Å². The summed E-state index contributed by atoms with van der Waals surface area (Å²) < 4.78 is 6.76. The van der Waals surface area contributed by atoms with Gasteiger partial charge >= 0.3 is 0 Å². The first-order chi connectivity index (χ1) is 15.5. The van der Waals surface area contributed by atoms with Gasteiger partial charge in [0, 0.05) is 24.2 Å². The molecule has 0 aliphatic heterocycles. The molecule has 4 rings (SSSR count). The SMILES string of the molecule is COc1ccc(-n2nc(-c3ccc([N+](=O)[O-])cc3)cc2C(=O)NCc2ccccc2)cc1. The van der Waals surface area contributed by atoms with Crippen LogP contribution in [0, 0.1) is 10.1 Å². The number of aromatic nitrogens is 2. The Balaban J connectivity index is 1.68. The fourth-order valence-corrected chi connectivity index (χ4v) is 3.23. The Labute approximate surface area is 184 Å². The van der Waals surface area contributed by atoms with E-state index in [-0.39, 0.29) is 11.6 Å². The second-order valence-electron chi connectivity index (χ2n) is 7.00. The Kier molecular flexibility index (Phi) is 5.94. The van der Waals surface area contributed by atoms with Crippen LogP contribution in [0.3, 0.4) is 0 Å². The first kappa shape index (κ1) is 20.8. The molecule has 1 amide bonds. The van der Waals surface area contributed by atoms with Gasteiger partial charge in [-0.2, -0.15) is 5.10 Å². The predicted molar refractivity (Wildman–Crippen MR) is 120 cm³/mol. The molecule has 0 unspecified atom stereocenters. The third-order valence-electron chi connectivity index (χ3n) is 4.93. The molecule has 0 saturated carbocycles. The molecular weight excluding hydrogens is 408 g/mol. The molecule has 8 heteroatoms. The van der Waals surface area contributed by atoms with Gasteiger partial charge in [0.2, 0.25) is 0 Å². The minimum Gasteiger partial charge on any atom is -0.497 e. The summed E-state index contributed by atoms with van der Waals surface area (Å²) in [5.74, 6) is 0.400. The number of hydrogen-bond donors (Lipinski definition) is 1. The lowest BCUT2D eigenvalue weighted by Gasteiger charge is -2.09. The lowest BCUT2D eigenvalue weighted by atomic mass is 10.1. The summed E-state index contributed by atoms with van der Waals surface area (Å²) in [7, 11) is 1.58. The van der Waals surface area contributed by atoms with E-state index in [0.29, 0.717) is 34.9 Å². The van der Waals surface area contributed by atoms with Gasteiger partial charge in [-0.3, -0.25) is 14.9 Å². The van der Waals surface area contributed by atoms with Crippen molar-refractivity contribution in [3.05, 3.63) is 106 Å². The zero-order valence-electron chi connectivity index (χ0n) is 17.3. The maximum absolute atomic E-state index is 13.0. The van der Waals surface area contributed by atoms with Gasteiger partial charge in [0.1, 0.15) is 11.4 Å².